The first-order chi connectivity index (χ1) is 5.90. The Labute approximate surface area is 74.9 Å². The molecule has 3 rings (SSSR count). The van der Waals surface area contributed by atoms with Crippen molar-refractivity contribution >= 4 is 0 Å². The zero-order chi connectivity index (χ0) is 8.13. The average Bonchev–Trinajstić information content (AvgIpc) is 2.54. The van der Waals surface area contributed by atoms with Crippen LogP contribution in [0.3, 0.4) is 0 Å². The minimum absolute atomic E-state index is 0.912. The van der Waals surface area contributed by atoms with E-state index < -0.39 is 0 Å². The Morgan fingerprint density at radius 1 is 1.17 bits per heavy atom. The van der Waals surface area contributed by atoms with E-state index in [-0.39, 0.29) is 0 Å². The Hall–Kier alpha value is -0.0400. The lowest BCUT2D eigenvalue weighted by atomic mass is 9.62. The van der Waals surface area contributed by atoms with E-state index in [1.54, 1.807) is 19.3 Å². The third-order valence-corrected chi connectivity index (χ3v) is 4.61. The van der Waals surface area contributed by atoms with Crippen LogP contribution >= 0.6 is 0 Å². The number of hydrogen-bond donors (Lipinski definition) is 1. The third kappa shape index (κ3) is 0.783. The fourth-order valence-electron chi connectivity index (χ4n) is 4.17. The van der Waals surface area contributed by atoms with E-state index in [1.807, 2.05) is 0 Å². The fourth-order valence-corrected chi connectivity index (χ4v) is 4.17. The molecule has 3 fully saturated rings. The highest BCUT2D eigenvalue weighted by Gasteiger charge is 2.56. The molecule has 0 aromatic rings. The standard InChI is InChI=1S/C11H19N/c1-2-12-10-6-9-7-3-4-8(5-7)11(9)10/h7-12H,2-6H2,1H3/t7?,8?,9-,10-,11+/m0/s1. The largest absolute Gasteiger partial charge is 0.314 e. The normalized spacial score (nSPS) is 55.2. The molecule has 5 atom stereocenters. The van der Waals surface area contributed by atoms with Crippen LogP contribution in [0.4, 0.5) is 0 Å². The number of nitrogens with one attached hydrogen (secondary N) is 1. The number of hydrogen-bond acceptors (Lipinski definition) is 1. The Morgan fingerprint density at radius 2 is 2.00 bits per heavy atom. The molecule has 0 amide bonds. The van der Waals surface area contributed by atoms with Crippen LogP contribution in [0.5, 0.6) is 0 Å². The zero-order valence-corrected chi connectivity index (χ0v) is 7.92. The molecule has 1 heteroatoms. The molecule has 0 saturated heterocycles. The van der Waals surface area contributed by atoms with Crippen molar-refractivity contribution in [2.75, 3.05) is 6.54 Å². The lowest BCUT2D eigenvalue weighted by molar-refractivity contribution is 0.0509. The molecule has 0 radical (unpaired) electrons. The summed E-state index contributed by atoms with van der Waals surface area (Å²) in [5.41, 5.74) is 0. The minimum Gasteiger partial charge on any atom is -0.314 e. The highest BCUT2D eigenvalue weighted by Crippen LogP contribution is 2.60. The molecule has 2 unspecified atom stereocenters. The second kappa shape index (κ2) is 2.47. The van der Waals surface area contributed by atoms with Gasteiger partial charge in [-0.1, -0.05) is 6.92 Å². The van der Waals surface area contributed by atoms with Crippen molar-refractivity contribution in [3.8, 4) is 0 Å². The maximum atomic E-state index is 3.64. The molecular formula is C11H19N. The van der Waals surface area contributed by atoms with Crippen molar-refractivity contribution in [2.45, 2.75) is 38.6 Å². The van der Waals surface area contributed by atoms with Gasteiger partial charge < -0.3 is 5.32 Å². The third-order valence-electron chi connectivity index (χ3n) is 4.61. The van der Waals surface area contributed by atoms with Crippen LogP contribution in [0.25, 0.3) is 0 Å². The fraction of sp³-hybridized carbons (Fsp3) is 1.00. The first-order valence-electron chi connectivity index (χ1n) is 5.63. The van der Waals surface area contributed by atoms with E-state index in [0.29, 0.717) is 0 Å². The summed E-state index contributed by atoms with van der Waals surface area (Å²) >= 11 is 0. The lowest BCUT2D eigenvalue weighted by Crippen LogP contribution is -2.52. The highest BCUT2D eigenvalue weighted by atomic mass is 15.0. The van der Waals surface area contributed by atoms with E-state index in [1.165, 1.54) is 13.0 Å². The Balaban J connectivity index is 1.70. The second-order valence-electron chi connectivity index (χ2n) is 4.97. The van der Waals surface area contributed by atoms with Gasteiger partial charge in [0, 0.05) is 6.04 Å². The molecular weight excluding hydrogens is 146 g/mol. The predicted molar refractivity (Wildman–Crippen MR) is 49.9 cm³/mol. The van der Waals surface area contributed by atoms with Crippen LogP contribution in [-0.2, 0) is 0 Å². The van der Waals surface area contributed by atoms with Crippen molar-refractivity contribution in [2.24, 2.45) is 23.7 Å². The predicted octanol–water partition coefficient (Wildman–Crippen LogP) is 2.03. The van der Waals surface area contributed by atoms with E-state index >= 15 is 0 Å². The Morgan fingerprint density at radius 3 is 2.75 bits per heavy atom. The Bertz CT molecular complexity index is 187. The molecule has 0 aliphatic heterocycles. The van der Waals surface area contributed by atoms with Gasteiger partial charge in [0.15, 0.2) is 0 Å². The monoisotopic (exact) mass is 165 g/mol. The number of fused-ring (bicyclic) bond motifs is 5. The molecule has 12 heavy (non-hydrogen) atoms. The molecule has 3 aliphatic carbocycles. The quantitative estimate of drug-likeness (QED) is 0.660. The highest BCUT2D eigenvalue weighted by molar-refractivity contribution is 5.08. The topological polar surface area (TPSA) is 12.0 Å². The zero-order valence-electron chi connectivity index (χ0n) is 7.92. The summed E-state index contributed by atoms with van der Waals surface area (Å²) in [5, 5.41) is 3.64. The van der Waals surface area contributed by atoms with Crippen molar-refractivity contribution in [3.05, 3.63) is 0 Å². The first-order valence-corrected chi connectivity index (χ1v) is 5.63. The van der Waals surface area contributed by atoms with E-state index in [0.717, 1.165) is 29.7 Å². The van der Waals surface area contributed by atoms with Crippen LogP contribution in [0.1, 0.15) is 32.6 Å². The molecule has 3 saturated carbocycles. The SMILES string of the molecule is CCN[C@H]1C[C@H]2C3CCC(C3)[C@@H]12. The second-order valence-corrected chi connectivity index (χ2v) is 4.97. The molecule has 68 valence electrons. The molecule has 1 nitrogen and oxygen atoms in total. The van der Waals surface area contributed by atoms with Gasteiger partial charge in [-0.2, -0.15) is 0 Å². The molecule has 0 aromatic carbocycles. The van der Waals surface area contributed by atoms with Gasteiger partial charge in [0.2, 0.25) is 0 Å². The summed E-state index contributed by atoms with van der Waals surface area (Å²) in [7, 11) is 0. The van der Waals surface area contributed by atoms with Crippen LogP contribution in [0.2, 0.25) is 0 Å². The van der Waals surface area contributed by atoms with Gasteiger partial charge in [-0.05, 0) is 55.9 Å². The summed E-state index contributed by atoms with van der Waals surface area (Å²) in [6, 6.07) is 0.912. The molecule has 1 N–H and O–H groups in total. The van der Waals surface area contributed by atoms with Gasteiger partial charge in [0.1, 0.15) is 0 Å². The minimum atomic E-state index is 0.912. The van der Waals surface area contributed by atoms with Crippen LogP contribution in [0, 0.1) is 23.7 Å². The van der Waals surface area contributed by atoms with E-state index in [4.69, 9.17) is 0 Å². The maximum absolute atomic E-state index is 3.64. The van der Waals surface area contributed by atoms with Crippen molar-refractivity contribution in [1.82, 2.24) is 5.32 Å². The van der Waals surface area contributed by atoms with E-state index in [9.17, 15) is 0 Å². The molecule has 0 spiro atoms. The van der Waals surface area contributed by atoms with Gasteiger partial charge in [-0.15, -0.1) is 0 Å². The molecule has 0 aromatic heterocycles. The van der Waals surface area contributed by atoms with Crippen molar-refractivity contribution in [3.63, 3.8) is 0 Å². The summed E-state index contributed by atoms with van der Waals surface area (Å²) in [5.74, 6) is 4.52. The van der Waals surface area contributed by atoms with Gasteiger partial charge >= 0.3 is 0 Å². The average molecular weight is 165 g/mol. The molecule has 3 aliphatic rings. The van der Waals surface area contributed by atoms with Crippen LogP contribution < -0.4 is 5.32 Å². The smallest absolute Gasteiger partial charge is 0.0103 e. The van der Waals surface area contributed by atoms with Gasteiger partial charge in [0.05, 0.1) is 0 Å². The molecule has 0 heterocycles. The lowest BCUT2D eigenvalue weighted by Gasteiger charge is -2.48. The first kappa shape index (κ1) is 7.37. The summed E-state index contributed by atoms with van der Waals surface area (Å²) in [6.45, 7) is 3.41. The van der Waals surface area contributed by atoms with Crippen LogP contribution in [-0.4, -0.2) is 12.6 Å². The van der Waals surface area contributed by atoms with Crippen molar-refractivity contribution in [1.29, 1.82) is 0 Å². The summed E-state index contributed by atoms with van der Waals surface area (Å²) in [4.78, 5) is 0. The van der Waals surface area contributed by atoms with Crippen molar-refractivity contribution < 1.29 is 0 Å². The van der Waals surface area contributed by atoms with Gasteiger partial charge in [0.25, 0.3) is 0 Å². The molecule has 2 bridgehead atoms. The maximum Gasteiger partial charge on any atom is 0.0103 e. The van der Waals surface area contributed by atoms with E-state index in [2.05, 4.69) is 12.2 Å². The summed E-state index contributed by atoms with van der Waals surface area (Å²) < 4.78 is 0. The van der Waals surface area contributed by atoms with Gasteiger partial charge in [-0.25, -0.2) is 0 Å². The van der Waals surface area contributed by atoms with Gasteiger partial charge in [-0.3, -0.25) is 0 Å². The summed E-state index contributed by atoms with van der Waals surface area (Å²) in [6.07, 6.45) is 6.19. The van der Waals surface area contributed by atoms with Crippen LogP contribution in [0.15, 0.2) is 0 Å². The Kier molecular flexibility index (Phi) is 1.52. The number of rotatable bonds is 2.